The number of nitrogens with zero attached hydrogens (tertiary/aromatic N) is 4. The molecule has 20 heavy (non-hydrogen) atoms. The van der Waals surface area contributed by atoms with E-state index in [1.54, 1.807) is 0 Å². The summed E-state index contributed by atoms with van der Waals surface area (Å²) < 4.78 is 0. The zero-order valence-corrected chi connectivity index (χ0v) is 12.3. The third-order valence-electron chi connectivity index (χ3n) is 4.75. The first-order valence-corrected chi connectivity index (χ1v) is 7.90. The number of rotatable bonds is 5. The number of carbonyl (C=O) groups excluding carboxylic acids is 1. The standard InChI is InChI=1S/C15H24N4O/c1-2-17(12-3-4-12)11-15(20)18-7-8-19(13-5-6-13)14(9-16)10-18/h12-14H,2-8,10-11H2,1H3. The van der Waals surface area contributed by atoms with E-state index in [-0.39, 0.29) is 11.9 Å². The largest absolute Gasteiger partial charge is 0.338 e. The molecule has 0 spiro atoms. The molecule has 0 aromatic carbocycles. The van der Waals surface area contributed by atoms with E-state index in [2.05, 4.69) is 22.8 Å². The van der Waals surface area contributed by atoms with Crippen molar-refractivity contribution in [2.75, 3.05) is 32.7 Å². The van der Waals surface area contributed by atoms with E-state index in [1.807, 2.05) is 4.90 Å². The van der Waals surface area contributed by atoms with E-state index < -0.39 is 0 Å². The highest BCUT2D eigenvalue weighted by Crippen LogP contribution is 2.30. The number of amides is 1. The van der Waals surface area contributed by atoms with Gasteiger partial charge in [-0.05, 0) is 32.2 Å². The molecule has 1 saturated heterocycles. The van der Waals surface area contributed by atoms with Crippen molar-refractivity contribution in [3.63, 3.8) is 0 Å². The van der Waals surface area contributed by atoms with Crippen LogP contribution in [-0.4, -0.2) is 71.5 Å². The fraction of sp³-hybridized carbons (Fsp3) is 0.867. The molecule has 1 atom stereocenters. The van der Waals surface area contributed by atoms with Crippen LogP contribution in [0.3, 0.4) is 0 Å². The molecule has 2 aliphatic carbocycles. The molecule has 0 radical (unpaired) electrons. The summed E-state index contributed by atoms with van der Waals surface area (Å²) in [6.07, 6.45) is 4.91. The highest BCUT2D eigenvalue weighted by molar-refractivity contribution is 5.78. The van der Waals surface area contributed by atoms with Gasteiger partial charge < -0.3 is 4.90 Å². The minimum absolute atomic E-state index is 0.101. The summed E-state index contributed by atoms with van der Waals surface area (Å²) in [5.41, 5.74) is 0. The van der Waals surface area contributed by atoms with Gasteiger partial charge in [-0.1, -0.05) is 6.92 Å². The maximum Gasteiger partial charge on any atom is 0.236 e. The van der Waals surface area contributed by atoms with Crippen LogP contribution in [0.25, 0.3) is 0 Å². The van der Waals surface area contributed by atoms with Crippen LogP contribution in [0.1, 0.15) is 32.6 Å². The number of nitriles is 1. The van der Waals surface area contributed by atoms with Crippen LogP contribution in [0.5, 0.6) is 0 Å². The lowest BCUT2D eigenvalue weighted by atomic mass is 10.1. The summed E-state index contributed by atoms with van der Waals surface area (Å²) >= 11 is 0. The Bertz CT molecular complexity index is 411. The van der Waals surface area contributed by atoms with Gasteiger partial charge in [-0.3, -0.25) is 14.6 Å². The van der Waals surface area contributed by atoms with Crippen molar-refractivity contribution in [3.05, 3.63) is 0 Å². The first kappa shape index (κ1) is 13.8. The van der Waals surface area contributed by atoms with Gasteiger partial charge in [0, 0.05) is 31.7 Å². The average Bonchev–Trinajstić information content (AvgIpc) is 3.35. The van der Waals surface area contributed by atoms with Crippen LogP contribution in [0.4, 0.5) is 0 Å². The normalized spacial score (nSPS) is 27.6. The number of piperazine rings is 1. The van der Waals surface area contributed by atoms with Crippen LogP contribution in [-0.2, 0) is 4.79 Å². The number of likely N-dealkylation sites (N-methyl/N-ethyl adjacent to an activating group) is 1. The first-order valence-electron chi connectivity index (χ1n) is 7.90. The summed E-state index contributed by atoms with van der Waals surface area (Å²) in [6.45, 7) is 5.84. The Labute approximate surface area is 121 Å². The molecule has 3 fully saturated rings. The molecule has 1 heterocycles. The predicted molar refractivity (Wildman–Crippen MR) is 76.0 cm³/mol. The molecule has 0 bridgehead atoms. The van der Waals surface area contributed by atoms with Gasteiger partial charge in [-0.15, -0.1) is 0 Å². The Morgan fingerprint density at radius 2 is 2.05 bits per heavy atom. The minimum Gasteiger partial charge on any atom is -0.338 e. The summed E-state index contributed by atoms with van der Waals surface area (Å²) in [4.78, 5) is 18.9. The van der Waals surface area contributed by atoms with Crippen LogP contribution in [0.2, 0.25) is 0 Å². The van der Waals surface area contributed by atoms with E-state index in [0.29, 0.717) is 25.2 Å². The van der Waals surface area contributed by atoms with E-state index in [1.165, 1.54) is 25.7 Å². The molecular formula is C15H24N4O. The molecular weight excluding hydrogens is 252 g/mol. The van der Waals surface area contributed by atoms with Gasteiger partial charge in [0.05, 0.1) is 12.6 Å². The third-order valence-corrected chi connectivity index (χ3v) is 4.75. The van der Waals surface area contributed by atoms with Gasteiger partial charge in [0.25, 0.3) is 0 Å². The molecule has 3 aliphatic rings. The van der Waals surface area contributed by atoms with Crippen LogP contribution < -0.4 is 0 Å². The van der Waals surface area contributed by atoms with E-state index in [4.69, 9.17) is 0 Å². The lowest BCUT2D eigenvalue weighted by Crippen LogP contribution is -2.56. The van der Waals surface area contributed by atoms with Gasteiger partial charge in [0.2, 0.25) is 5.91 Å². The SMILES string of the molecule is CCN(CC(=O)N1CCN(C2CC2)C(C#N)C1)C1CC1. The number of carbonyl (C=O) groups is 1. The molecule has 0 aromatic rings. The quantitative estimate of drug-likeness (QED) is 0.740. The summed E-state index contributed by atoms with van der Waals surface area (Å²) in [7, 11) is 0. The van der Waals surface area contributed by atoms with Crippen molar-refractivity contribution < 1.29 is 4.79 Å². The van der Waals surface area contributed by atoms with Crippen molar-refractivity contribution >= 4 is 5.91 Å². The summed E-state index contributed by atoms with van der Waals surface area (Å²) in [5.74, 6) is 0.203. The molecule has 5 nitrogen and oxygen atoms in total. The Morgan fingerprint density at radius 1 is 1.30 bits per heavy atom. The maximum absolute atomic E-state index is 12.4. The van der Waals surface area contributed by atoms with Gasteiger partial charge in [-0.2, -0.15) is 5.26 Å². The van der Waals surface area contributed by atoms with E-state index >= 15 is 0 Å². The monoisotopic (exact) mass is 276 g/mol. The smallest absolute Gasteiger partial charge is 0.236 e. The van der Waals surface area contributed by atoms with Crippen molar-refractivity contribution in [2.45, 2.75) is 50.7 Å². The van der Waals surface area contributed by atoms with Gasteiger partial charge in [0.1, 0.15) is 6.04 Å². The van der Waals surface area contributed by atoms with Gasteiger partial charge >= 0.3 is 0 Å². The number of hydrogen-bond acceptors (Lipinski definition) is 4. The molecule has 1 unspecified atom stereocenters. The fourth-order valence-corrected chi connectivity index (χ4v) is 3.19. The predicted octanol–water partition coefficient (Wildman–Crippen LogP) is 0.669. The van der Waals surface area contributed by atoms with Crippen molar-refractivity contribution in [2.24, 2.45) is 0 Å². The first-order chi connectivity index (χ1) is 9.72. The molecule has 1 amide bonds. The van der Waals surface area contributed by atoms with Gasteiger partial charge in [-0.25, -0.2) is 0 Å². The zero-order valence-electron chi connectivity index (χ0n) is 12.3. The van der Waals surface area contributed by atoms with Crippen LogP contribution in [0.15, 0.2) is 0 Å². The Hall–Kier alpha value is -1.12. The molecule has 1 aliphatic heterocycles. The van der Waals surface area contributed by atoms with Crippen LogP contribution >= 0.6 is 0 Å². The molecule has 3 rings (SSSR count). The van der Waals surface area contributed by atoms with E-state index in [0.717, 1.165) is 19.6 Å². The summed E-state index contributed by atoms with van der Waals surface area (Å²) in [5, 5.41) is 9.32. The van der Waals surface area contributed by atoms with Crippen molar-refractivity contribution in [1.29, 1.82) is 5.26 Å². The Kier molecular flexibility index (Phi) is 3.95. The molecule has 2 saturated carbocycles. The molecule has 5 heteroatoms. The second-order valence-corrected chi connectivity index (χ2v) is 6.25. The minimum atomic E-state index is -0.101. The van der Waals surface area contributed by atoms with Crippen LogP contribution in [0, 0.1) is 11.3 Å². The highest BCUT2D eigenvalue weighted by Gasteiger charge is 2.39. The van der Waals surface area contributed by atoms with E-state index in [9.17, 15) is 10.1 Å². The van der Waals surface area contributed by atoms with Crippen molar-refractivity contribution in [1.82, 2.24) is 14.7 Å². The fourth-order valence-electron chi connectivity index (χ4n) is 3.19. The third kappa shape index (κ3) is 2.97. The zero-order chi connectivity index (χ0) is 14.1. The van der Waals surface area contributed by atoms with Gasteiger partial charge in [0.15, 0.2) is 0 Å². The topological polar surface area (TPSA) is 50.6 Å². The number of hydrogen-bond donors (Lipinski definition) is 0. The second kappa shape index (κ2) is 5.71. The highest BCUT2D eigenvalue weighted by atomic mass is 16.2. The lowest BCUT2D eigenvalue weighted by molar-refractivity contribution is -0.135. The Balaban J connectivity index is 1.54. The molecule has 110 valence electrons. The molecule has 0 aromatic heterocycles. The van der Waals surface area contributed by atoms with Crippen molar-refractivity contribution in [3.8, 4) is 6.07 Å². The Morgan fingerprint density at radius 3 is 2.60 bits per heavy atom. The molecule has 0 N–H and O–H groups in total. The second-order valence-electron chi connectivity index (χ2n) is 6.25. The lowest BCUT2D eigenvalue weighted by Gasteiger charge is -2.39. The maximum atomic E-state index is 12.4. The average molecular weight is 276 g/mol. The summed E-state index contributed by atoms with van der Waals surface area (Å²) in [6, 6.07) is 3.52.